The van der Waals surface area contributed by atoms with Gasteiger partial charge in [-0.15, -0.1) is 0 Å². The molecular formula is C15H19NO2. The molecule has 18 heavy (non-hydrogen) atoms. The molecule has 3 heteroatoms. The van der Waals surface area contributed by atoms with Gasteiger partial charge in [-0.25, -0.2) is 0 Å². The van der Waals surface area contributed by atoms with Gasteiger partial charge < -0.3 is 14.8 Å². The van der Waals surface area contributed by atoms with Crippen LogP contribution in [0.2, 0.25) is 0 Å². The number of hydrogen-bond acceptors (Lipinski definition) is 3. The summed E-state index contributed by atoms with van der Waals surface area (Å²) in [5.74, 6) is 0.866. The van der Waals surface area contributed by atoms with Crippen molar-refractivity contribution in [1.29, 1.82) is 0 Å². The molecule has 0 bridgehead atoms. The van der Waals surface area contributed by atoms with E-state index in [1.165, 1.54) is 5.56 Å². The fourth-order valence-electron chi connectivity index (χ4n) is 2.75. The molecule has 1 fully saturated rings. The van der Waals surface area contributed by atoms with Crippen LogP contribution in [0.3, 0.4) is 0 Å². The quantitative estimate of drug-likeness (QED) is 0.811. The lowest BCUT2D eigenvalue weighted by Crippen LogP contribution is -2.46. The Labute approximate surface area is 107 Å². The predicted octanol–water partition coefficient (Wildman–Crippen LogP) is 2.56. The van der Waals surface area contributed by atoms with Crippen molar-refractivity contribution in [2.24, 2.45) is 5.92 Å². The highest BCUT2D eigenvalue weighted by Crippen LogP contribution is 2.37. The van der Waals surface area contributed by atoms with E-state index in [0.29, 0.717) is 12.2 Å². The van der Waals surface area contributed by atoms with E-state index in [4.69, 9.17) is 4.42 Å². The zero-order chi connectivity index (χ0) is 12.8. The van der Waals surface area contributed by atoms with E-state index in [2.05, 4.69) is 25.2 Å². The van der Waals surface area contributed by atoms with Gasteiger partial charge in [0.25, 0.3) is 0 Å². The molecule has 2 atom stereocenters. The lowest BCUT2D eigenvalue weighted by atomic mass is 9.81. The maximum atomic E-state index is 10.8. The fraction of sp³-hybridized carbons (Fsp3) is 0.467. The smallest absolute Gasteiger partial charge is 0.137 e. The van der Waals surface area contributed by atoms with E-state index in [1.54, 1.807) is 0 Å². The predicted molar refractivity (Wildman–Crippen MR) is 71.5 cm³/mol. The van der Waals surface area contributed by atoms with Gasteiger partial charge >= 0.3 is 0 Å². The minimum Gasteiger partial charge on any atom is -0.458 e. The van der Waals surface area contributed by atoms with E-state index in [0.717, 1.165) is 24.1 Å². The first-order valence-electron chi connectivity index (χ1n) is 6.53. The van der Waals surface area contributed by atoms with Crippen LogP contribution >= 0.6 is 0 Å². The van der Waals surface area contributed by atoms with E-state index < -0.39 is 5.60 Å². The van der Waals surface area contributed by atoms with E-state index in [9.17, 15) is 5.11 Å². The van der Waals surface area contributed by atoms with Crippen LogP contribution in [0.15, 0.2) is 28.7 Å². The molecule has 0 saturated carbocycles. The number of furan rings is 1. The highest BCUT2D eigenvalue weighted by molar-refractivity contribution is 5.78. The first-order valence-corrected chi connectivity index (χ1v) is 6.53. The number of hydrogen-bond donors (Lipinski definition) is 2. The molecule has 0 aliphatic carbocycles. The molecule has 0 radical (unpaired) electrons. The molecule has 0 amide bonds. The Morgan fingerprint density at radius 3 is 3.00 bits per heavy atom. The summed E-state index contributed by atoms with van der Waals surface area (Å²) >= 11 is 0. The Kier molecular flexibility index (Phi) is 2.68. The molecule has 2 unspecified atom stereocenters. The summed E-state index contributed by atoms with van der Waals surface area (Å²) in [5, 5.41) is 15.2. The molecule has 2 heterocycles. The third kappa shape index (κ3) is 1.74. The van der Waals surface area contributed by atoms with Crippen LogP contribution in [-0.2, 0) is 5.60 Å². The Morgan fingerprint density at radius 2 is 2.22 bits per heavy atom. The number of nitrogens with one attached hydrogen (secondary N) is 1. The molecule has 1 aromatic heterocycles. The number of benzene rings is 1. The van der Waals surface area contributed by atoms with Crippen molar-refractivity contribution < 1.29 is 9.52 Å². The summed E-state index contributed by atoms with van der Waals surface area (Å²) < 4.78 is 5.86. The molecule has 3 rings (SSSR count). The van der Waals surface area contributed by atoms with Crippen molar-refractivity contribution >= 4 is 11.0 Å². The van der Waals surface area contributed by atoms with Crippen molar-refractivity contribution in [3.8, 4) is 0 Å². The van der Waals surface area contributed by atoms with Gasteiger partial charge in [0.2, 0.25) is 0 Å². The monoisotopic (exact) mass is 245 g/mol. The van der Waals surface area contributed by atoms with Crippen molar-refractivity contribution in [2.45, 2.75) is 25.9 Å². The number of aryl methyl sites for hydroxylation is 1. The van der Waals surface area contributed by atoms with Crippen molar-refractivity contribution in [2.75, 3.05) is 13.1 Å². The molecule has 0 spiro atoms. The summed E-state index contributed by atoms with van der Waals surface area (Å²) in [7, 11) is 0. The molecule has 1 aliphatic heterocycles. The molecule has 1 aromatic carbocycles. The number of piperidine rings is 1. The second kappa shape index (κ2) is 4.11. The van der Waals surface area contributed by atoms with Crippen LogP contribution in [0.1, 0.15) is 24.7 Å². The topological polar surface area (TPSA) is 45.4 Å². The van der Waals surface area contributed by atoms with Crippen molar-refractivity contribution in [3.63, 3.8) is 0 Å². The Morgan fingerprint density at radius 1 is 1.39 bits per heavy atom. The third-order valence-electron chi connectivity index (χ3n) is 4.05. The Bertz CT molecular complexity index is 575. The number of fused-ring (bicyclic) bond motifs is 1. The second-order valence-electron chi connectivity index (χ2n) is 5.43. The Hall–Kier alpha value is -1.32. The average Bonchev–Trinajstić information content (AvgIpc) is 2.76. The van der Waals surface area contributed by atoms with Gasteiger partial charge in [0.15, 0.2) is 0 Å². The van der Waals surface area contributed by atoms with Crippen molar-refractivity contribution in [1.82, 2.24) is 5.32 Å². The molecule has 2 aromatic rings. The Balaban J connectivity index is 2.07. The fourth-order valence-corrected chi connectivity index (χ4v) is 2.75. The first-order chi connectivity index (χ1) is 8.59. The standard InChI is InChI=1S/C15H19NO2/c1-10-3-4-13-12(7-10)8-14(18-13)15(17)5-6-16-9-11(15)2/h3-4,7-8,11,16-17H,5-6,9H2,1-2H3. The minimum atomic E-state index is -0.835. The lowest BCUT2D eigenvalue weighted by Gasteiger charge is -2.36. The molecule has 1 saturated heterocycles. The van der Waals surface area contributed by atoms with Crippen molar-refractivity contribution in [3.05, 3.63) is 35.6 Å². The van der Waals surface area contributed by atoms with Gasteiger partial charge in [0.1, 0.15) is 16.9 Å². The van der Waals surface area contributed by atoms with Gasteiger partial charge in [-0.1, -0.05) is 18.6 Å². The summed E-state index contributed by atoms with van der Waals surface area (Å²) in [6.07, 6.45) is 0.701. The molecule has 1 aliphatic rings. The van der Waals surface area contributed by atoms with Gasteiger partial charge in [0, 0.05) is 17.8 Å². The maximum Gasteiger partial charge on any atom is 0.137 e. The van der Waals surface area contributed by atoms with E-state index in [1.807, 2.05) is 18.2 Å². The van der Waals surface area contributed by atoms with Crippen LogP contribution in [-0.4, -0.2) is 18.2 Å². The van der Waals surface area contributed by atoms with Crippen LogP contribution in [0, 0.1) is 12.8 Å². The van der Waals surface area contributed by atoms with Gasteiger partial charge in [-0.3, -0.25) is 0 Å². The lowest BCUT2D eigenvalue weighted by molar-refractivity contribution is -0.0553. The van der Waals surface area contributed by atoms with Gasteiger partial charge in [0.05, 0.1) is 0 Å². The third-order valence-corrected chi connectivity index (χ3v) is 4.05. The van der Waals surface area contributed by atoms with Crippen LogP contribution in [0.5, 0.6) is 0 Å². The number of aliphatic hydroxyl groups is 1. The van der Waals surface area contributed by atoms with Gasteiger partial charge in [-0.05, 0) is 38.1 Å². The largest absolute Gasteiger partial charge is 0.458 e. The highest BCUT2D eigenvalue weighted by Gasteiger charge is 2.40. The average molecular weight is 245 g/mol. The maximum absolute atomic E-state index is 10.8. The number of rotatable bonds is 1. The molecule has 2 N–H and O–H groups in total. The normalized spacial score (nSPS) is 28.7. The SMILES string of the molecule is Cc1ccc2oc(C3(O)CCNCC3C)cc2c1. The second-order valence-corrected chi connectivity index (χ2v) is 5.43. The zero-order valence-corrected chi connectivity index (χ0v) is 10.9. The minimum absolute atomic E-state index is 0.160. The van der Waals surface area contributed by atoms with Gasteiger partial charge in [-0.2, -0.15) is 0 Å². The summed E-state index contributed by atoms with van der Waals surface area (Å²) in [6, 6.07) is 8.09. The molecular weight excluding hydrogens is 226 g/mol. The molecule has 3 nitrogen and oxygen atoms in total. The first kappa shape index (κ1) is 11.8. The summed E-state index contributed by atoms with van der Waals surface area (Å²) in [5.41, 5.74) is 1.23. The summed E-state index contributed by atoms with van der Waals surface area (Å²) in [4.78, 5) is 0. The van der Waals surface area contributed by atoms with E-state index in [-0.39, 0.29) is 5.92 Å². The molecule has 96 valence electrons. The van der Waals surface area contributed by atoms with Crippen LogP contribution in [0.25, 0.3) is 11.0 Å². The van der Waals surface area contributed by atoms with Crippen LogP contribution in [0.4, 0.5) is 0 Å². The van der Waals surface area contributed by atoms with E-state index >= 15 is 0 Å². The van der Waals surface area contributed by atoms with Crippen LogP contribution < -0.4 is 5.32 Å². The zero-order valence-electron chi connectivity index (χ0n) is 10.9. The highest BCUT2D eigenvalue weighted by atomic mass is 16.4. The summed E-state index contributed by atoms with van der Waals surface area (Å²) in [6.45, 7) is 5.78.